The molecule has 214 valence electrons. The van der Waals surface area contributed by atoms with E-state index in [1.807, 2.05) is 0 Å². The lowest BCUT2D eigenvalue weighted by Crippen LogP contribution is -2.58. The summed E-state index contributed by atoms with van der Waals surface area (Å²) < 4.78 is 0. The quantitative estimate of drug-likeness (QED) is 0.124. The highest BCUT2D eigenvalue weighted by molar-refractivity contribution is 5.95. The number of phenols is 1. The first-order chi connectivity index (χ1) is 18.8. The van der Waals surface area contributed by atoms with E-state index in [1.54, 1.807) is 30.3 Å². The Bertz CT molecular complexity index is 1220. The first-order valence-electron chi connectivity index (χ1n) is 12.1. The number of phenolic OH excluding ortho intramolecular Hbond substituents is 1. The second kappa shape index (κ2) is 14.8. The minimum absolute atomic E-state index is 0.0357. The number of carbonyl (C=O) groups excluding carboxylic acids is 4. The van der Waals surface area contributed by atoms with Gasteiger partial charge in [-0.25, -0.2) is 4.79 Å². The fourth-order valence-corrected chi connectivity index (χ4v) is 3.64. The summed E-state index contributed by atoms with van der Waals surface area (Å²) in [5.41, 5.74) is 11.9. The van der Waals surface area contributed by atoms with Gasteiger partial charge in [-0.05, 0) is 23.3 Å². The van der Waals surface area contributed by atoms with Crippen molar-refractivity contribution in [1.29, 1.82) is 0 Å². The molecule has 0 aliphatic carbocycles. The summed E-state index contributed by atoms with van der Waals surface area (Å²) >= 11 is 0. The Balaban J connectivity index is 2.33. The Morgan fingerprint density at radius 3 is 1.62 bits per heavy atom. The average molecular weight is 558 g/mol. The van der Waals surface area contributed by atoms with Crippen LogP contribution in [0.2, 0.25) is 0 Å². The lowest BCUT2D eigenvalue weighted by molar-refractivity contribution is -0.147. The second-order valence-electron chi connectivity index (χ2n) is 8.96. The number of primary amides is 1. The van der Waals surface area contributed by atoms with Crippen LogP contribution in [0.25, 0.3) is 0 Å². The Morgan fingerprint density at radius 1 is 0.675 bits per heavy atom. The number of carbonyl (C=O) groups is 6. The third kappa shape index (κ3) is 10.4. The normalized spacial score (nSPS) is 13.6. The predicted molar refractivity (Wildman–Crippen MR) is 139 cm³/mol. The van der Waals surface area contributed by atoms with Crippen LogP contribution in [0.5, 0.6) is 5.75 Å². The number of hydrogen-bond donors (Lipinski definition) is 8. The zero-order chi connectivity index (χ0) is 29.8. The molecule has 0 saturated heterocycles. The van der Waals surface area contributed by atoms with Crippen LogP contribution in [0.3, 0.4) is 0 Å². The van der Waals surface area contributed by atoms with Crippen LogP contribution in [0.1, 0.15) is 24.0 Å². The number of benzene rings is 2. The highest BCUT2D eigenvalue weighted by atomic mass is 16.4. The number of carboxylic acids is 2. The molecule has 0 spiro atoms. The van der Waals surface area contributed by atoms with Crippen LogP contribution >= 0.6 is 0 Å². The summed E-state index contributed by atoms with van der Waals surface area (Å²) in [6.07, 6.45) is -1.60. The molecule has 0 aliphatic rings. The van der Waals surface area contributed by atoms with Gasteiger partial charge >= 0.3 is 11.9 Å². The Morgan fingerprint density at radius 2 is 1.15 bits per heavy atom. The van der Waals surface area contributed by atoms with Crippen LogP contribution in [-0.4, -0.2) is 75.1 Å². The van der Waals surface area contributed by atoms with Crippen LogP contribution in [0.4, 0.5) is 0 Å². The fourth-order valence-electron chi connectivity index (χ4n) is 3.64. The molecule has 0 aromatic heterocycles. The minimum Gasteiger partial charge on any atom is -0.508 e. The lowest BCUT2D eigenvalue weighted by atomic mass is 10.0. The molecular formula is C26H31N5O9. The number of hydrogen-bond acceptors (Lipinski definition) is 8. The summed E-state index contributed by atoms with van der Waals surface area (Å²) in [6, 6.07) is 8.36. The SMILES string of the molecule is NC(=O)CC(N)C(=O)NC(Cc1ccccc1)C(=O)NC(Cc1ccc(O)cc1)C(=O)NC(CC(=O)O)C(=O)O. The zero-order valence-corrected chi connectivity index (χ0v) is 21.3. The smallest absolute Gasteiger partial charge is 0.326 e. The molecule has 4 unspecified atom stereocenters. The van der Waals surface area contributed by atoms with Gasteiger partial charge in [0.2, 0.25) is 23.6 Å². The number of nitrogens with one attached hydrogen (secondary N) is 3. The monoisotopic (exact) mass is 557 g/mol. The summed E-state index contributed by atoms with van der Waals surface area (Å²) in [6.45, 7) is 0. The van der Waals surface area contributed by atoms with Gasteiger partial charge in [-0.1, -0.05) is 42.5 Å². The highest BCUT2D eigenvalue weighted by Crippen LogP contribution is 2.12. The first kappa shape index (κ1) is 31.2. The van der Waals surface area contributed by atoms with E-state index in [0.717, 1.165) is 0 Å². The summed E-state index contributed by atoms with van der Waals surface area (Å²) in [7, 11) is 0. The van der Waals surface area contributed by atoms with Crippen molar-refractivity contribution in [1.82, 2.24) is 16.0 Å². The van der Waals surface area contributed by atoms with E-state index in [9.17, 15) is 39.0 Å². The van der Waals surface area contributed by atoms with E-state index in [4.69, 9.17) is 16.6 Å². The van der Waals surface area contributed by atoms with E-state index < -0.39 is 72.6 Å². The highest BCUT2D eigenvalue weighted by Gasteiger charge is 2.31. The van der Waals surface area contributed by atoms with Crippen molar-refractivity contribution >= 4 is 35.6 Å². The number of amides is 4. The Kier molecular flexibility index (Phi) is 11.6. The zero-order valence-electron chi connectivity index (χ0n) is 21.3. The van der Waals surface area contributed by atoms with E-state index in [2.05, 4.69) is 16.0 Å². The fraction of sp³-hybridized carbons (Fsp3) is 0.308. The molecular weight excluding hydrogens is 526 g/mol. The molecule has 0 aliphatic heterocycles. The van der Waals surface area contributed by atoms with Crippen molar-refractivity contribution in [3.8, 4) is 5.75 Å². The summed E-state index contributed by atoms with van der Waals surface area (Å²) in [5, 5.41) is 34.9. The molecule has 0 radical (unpaired) electrons. The summed E-state index contributed by atoms with van der Waals surface area (Å²) in [5.74, 6) is -6.63. The molecule has 2 aromatic carbocycles. The molecule has 2 rings (SSSR count). The molecule has 2 aromatic rings. The van der Waals surface area contributed by atoms with Crippen molar-refractivity contribution in [2.75, 3.05) is 0 Å². The number of carboxylic acid groups (broad SMARTS) is 2. The molecule has 0 heterocycles. The standard InChI is InChI=1S/C26H31N5O9/c27-17(12-21(28)33)23(36)29-18(10-14-4-2-1-3-5-14)24(37)30-19(11-15-6-8-16(32)9-7-15)25(38)31-20(26(39)40)13-22(34)35/h1-9,17-20,32H,10-13,27H2,(H2,28,33)(H,29,36)(H,30,37)(H,31,38)(H,34,35)(H,39,40). The second-order valence-corrected chi connectivity index (χ2v) is 8.96. The molecule has 0 bridgehead atoms. The molecule has 0 saturated carbocycles. The van der Waals surface area contributed by atoms with Gasteiger partial charge in [0.1, 0.15) is 23.9 Å². The van der Waals surface area contributed by atoms with Gasteiger partial charge in [0.05, 0.1) is 18.9 Å². The van der Waals surface area contributed by atoms with Crippen LogP contribution in [0.15, 0.2) is 54.6 Å². The number of aliphatic carboxylic acids is 2. The molecule has 4 atom stereocenters. The van der Waals surface area contributed by atoms with Gasteiger partial charge in [-0.15, -0.1) is 0 Å². The van der Waals surface area contributed by atoms with Gasteiger partial charge in [0.15, 0.2) is 0 Å². The average Bonchev–Trinajstić information content (AvgIpc) is 2.88. The van der Waals surface area contributed by atoms with Crippen molar-refractivity contribution < 1.29 is 44.1 Å². The molecule has 14 nitrogen and oxygen atoms in total. The van der Waals surface area contributed by atoms with Crippen molar-refractivity contribution in [2.24, 2.45) is 11.5 Å². The Labute approximate surface area is 228 Å². The van der Waals surface area contributed by atoms with E-state index in [0.29, 0.717) is 11.1 Å². The first-order valence-corrected chi connectivity index (χ1v) is 12.1. The van der Waals surface area contributed by atoms with E-state index in [1.165, 1.54) is 24.3 Å². The van der Waals surface area contributed by atoms with Crippen molar-refractivity contribution in [2.45, 2.75) is 49.9 Å². The molecule has 10 N–H and O–H groups in total. The van der Waals surface area contributed by atoms with Crippen LogP contribution < -0.4 is 27.4 Å². The van der Waals surface area contributed by atoms with Gasteiger partial charge in [-0.3, -0.25) is 24.0 Å². The number of aromatic hydroxyl groups is 1. The van der Waals surface area contributed by atoms with Crippen LogP contribution in [-0.2, 0) is 41.6 Å². The largest absolute Gasteiger partial charge is 0.508 e. The maximum absolute atomic E-state index is 13.4. The minimum atomic E-state index is -1.78. The van der Waals surface area contributed by atoms with Crippen LogP contribution in [0, 0.1) is 0 Å². The Hall–Kier alpha value is -4.98. The topological polar surface area (TPSA) is 251 Å². The van der Waals surface area contributed by atoms with Crippen molar-refractivity contribution in [3.63, 3.8) is 0 Å². The van der Waals surface area contributed by atoms with Crippen molar-refractivity contribution in [3.05, 3.63) is 65.7 Å². The molecule has 0 fully saturated rings. The lowest BCUT2D eigenvalue weighted by Gasteiger charge is -2.25. The van der Waals surface area contributed by atoms with E-state index in [-0.39, 0.29) is 18.6 Å². The van der Waals surface area contributed by atoms with Gasteiger partial charge in [-0.2, -0.15) is 0 Å². The summed E-state index contributed by atoms with van der Waals surface area (Å²) in [4.78, 5) is 72.8. The molecule has 40 heavy (non-hydrogen) atoms. The predicted octanol–water partition coefficient (Wildman–Crippen LogP) is -1.61. The third-order valence-electron chi connectivity index (χ3n) is 5.68. The number of nitrogens with two attached hydrogens (primary N) is 2. The third-order valence-corrected chi connectivity index (χ3v) is 5.68. The maximum Gasteiger partial charge on any atom is 0.326 e. The molecule has 14 heteroatoms. The van der Waals surface area contributed by atoms with Gasteiger partial charge in [0.25, 0.3) is 0 Å². The van der Waals surface area contributed by atoms with Gasteiger partial charge in [0, 0.05) is 12.8 Å². The molecule has 4 amide bonds. The number of rotatable bonds is 15. The van der Waals surface area contributed by atoms with E-state index >= 15 is 0 Å². The van der Waals surface area contributed by atoms with Gasteiger partial charge < -0.3 is 42.7 Å². The maximum atomic E-state index is 13.4.